The lowest BCUT2D eigenvalue weighted by Gasteiger charge is -2.21. The molecule has 0 aliphatic heterocycles. The highest BCUT2D eigenvalue weighted by Crippen LogP contribution is 2.22. The molecule has 0 bridgehead atoms. The van der Waals surface area contributed by atoms with Crippen LogP contribution in [0.2, 0.25) is 0 Å². The molecular weight excluding hydrogens is 316 g/mol. The summed E-state index contributed by atoms with van der Waals surface area (Å²) >= 11 is 0. The summed E-state index contributed by atoms with van der Waals surface area (Å²) in [5.41, 5.74) is -0.414. The van der Waals surface area contributed by atoms with Crippen LogP contribution in [0.1, 0.15) is 45.6 Å². The van der Waals surface area contributed by atoms with Crippen molar-refractivity contribution in [2.24, 2.45) is 5.41 Å². The van der Waals surface area contributed by atoms with Crippen LogP contribution in [-0.4, -0.2) is 18.5 Å². The molecule has 0 aliphatic carbocycles. The standard InChI is InChI=1S/C21H26O4/c1-4-5-8-13-24-19(22)21(2,3)20(23)25-15-16-11-12-17-9-6-7-10-18(17)14-16/h6-7,9-12,14H,4-5,8,13,15H2,1-3H3. The third kappa shape index (κ3) is 5.05. The van der Waals surface area contributed by atoms with E-state index in [1.165, 1.54) is 13.8 Å². The van der Waals surface area contributed by atoms with Crippen LogP contribution in [0.25, 0.3) is 10.8 Å². The van der Waals surface area contributed by atoms with E-state index in [1.807, 2.05) is 42.5 Å². The molecule has 0 N–H and O–H groups in total. The van der Waals surface area contributed by atoms with E-state index in [9.17, 15) is 9.59 Å². The smallest absolute Gasteiger partial charge is 0.323 e. The Morgan fingerprint density at radius 3 is 2.32 bits per heavy atom. The van der Waals surface area contributed by atoms with E-state index in [1.54, 1.807) is 0 Å². The molecule has 4 nitrogen and oxygen atoms in total. The summed E-state index contributed by atoms with van der Waals surface area (Å²) in [6, 6.07) is 13.9. The number of benzene rings is 2. The monoisotopic (exact) mass is 342 g/mol. The molecule has 4 heteroatoms. The van der Waals surface area contributed by atoms with Crippen molar-refractivity contribution >= 4 is 22.7 Å². The van der Waals surface area contributed by atoms with E-state index >= 15 is 0 Å². The molecule has 0 radical (unpaired) electrons. The predicted octanol–water partition coefficient (Wildman–Crippen LogP) is 4.64. The Hall–Kier alpha value is -2.36. The molecular formula is C21H26O4. The van der Waals surface area contributed by atoms with E-state index in [-0.39, 0.29) is 6.61 Å². The highest BCUT2D eigenvalue weighted by molar-refractivity contribution is 5.99. The zero-order valence-corrected chi connectivity index (χ0v) is 15.2. The maximum Gasteiger partial charge on any atom is 0.323 e. The van der Waals surface area contributed by atoms with Crippen molar-refractivity contribution in [2.75, 3.05) is 6.61 Å². The first-order valence-corrected chi connectivity index (χ1v) is 8.77. The summed E-state index contributed by atoms with van der Waals surface area (Å²) in [7, 11) is 0. The molecule has 25 heavy (non-hydrogen) atoms. The van der Waals surface area contributed by atoms with Crippen molar-refractivity contribution < 1.29 is 19.1 Å². The van der Waals surface area contributed by atoms with Gasteiger partial charge in [0.1, 0.15) is 6.61 Å². The summed E-state index contributed by atoms with van der Waals surface area (Å²) in [5, 5.41) is 2.22. The second-order valence-corrected chi connectivity index (χ2v) is 6.73. The summed E-state index contributed by atoms with van der Waals surface area (Å²) < 4.78 is 10.6. The molecule has 2 aromatic carbocycles. The zero-order valence-electron chi connectivity index (χ0n) is 15.2. The zero-order chi connectivity index (χ0) is 18.3. The minimum absolute atomic E-state index is 0.135. The lowest BCUT2D eigenvalue weighted by Crippen LogP contribution is -2.36. The van der Waals surface area contributed by atoms with Crippen LogP contribution in [0.5, 0.6) is 0 Å². The summed E-state index contributed by atoms with van der Waals surface area (Å²) in [6.07, 6.45) is 2.86. The van der Waals surface area contributed by atoms with Gasteiger partial charge in [0.05, 0.1) is 6.61 Å². The first-order valence-electron chi connectivity index (χ1n) is 8.77. The van der Waals surface area contributed by atoms with Crippen LogP contribution in [0.3, 0.4) is 0 Å². The Kier molecular flexibility index (Phi) is 6.57. The van der Waals surface area contributed by atoms with Crippen molar-refractivity contribution in [2.45, 2.75) is 46.6 Å². The average molecular weight is 342 g/mol. The lowest BCUT2D eigenvalue weighted by atomic mass is 9.94. The van der Waals surface area contributed by atoms with E-state index in [2.05, 4.69) is 6.92 Å². The number of hydrogen-bond donors (Lipinski definition) is 0. The van der Waals surface area contributed by atoms with E-state index in [4.69, 9.17) is 9.47 Å². The van der Waals surface area contributed by atoms with Gasteiger partial charge in [-0.1, -0.05) is 56.2 Å². The normalized spacial score (nSPS) is 11.3. The predicted molar refractivity (Wildman–Crippen MR) is 98.0 cm³/mol. The molecule has 0 aromatic heterocycles. The summed E-state index contributed by atoms with van der Waals surface area (Å²) in [5.74, 6) is -1.10. The molecule has 0 atom stereocenters. The number of fused-ring (bicyclic) bond motifs is 1. The second-order valence-electron chi connectivity index (χ2n) is 6.73. The lowest BCUT2D eigenvalue weighted by molar-refractivity contribution is -0.170. The van der Waals surface area contributed by atoms with Gasteiger partial charge in [0, 0.05) is 0 Å². The Bertz CT molecular complexity index is 734. The van der Waals surface area contributed by atoms with Gasteiger partial charge < -0.3 is 9.47 Å². The molecule has 0 unspecified atom stereocenters. The maximum atomic E-state index is 12.3. The number of carbonyl (C=O) groups is 2. The molecule has 0 saturated carbocycles. The van der Waals surface area contributed by atoms with Gasteiger partial charge in [0.15, 0.2) is 5.41 Å². The quantitative estimate of drug-likeness (QED) is 0.398. The number of unbranched alkanes of at least 4 members (excludes halogenated alkanes) is 2. The van der Waals surface area contributed by atoms with Crippen LogP contribution in [0.15, 0.2) is 42.5 Å². The molecule has 0 fully saturated rings. The van der Waals surface area contributed by atoms with Crippen LogP contribution < -0.4 is 0 Å². The van der Waals surface area contributed by atoms with Crippen molar-refractivity contribution in [3.63, 3.8) is 0 Å². The van der Waals surface area contributed by atoms with Crippen LogP contribution in [-0.2, 0) is 25.7 Å². The first-order chi connectivity index (χ1) is 11.9. The minimum atomic E-state index is -1.30. The number of esters is 2. The fraction of sp³-hybridized carbons (Fsp3) is 0.429. The van der Waals surface area contributed by atoms with E-state index < -0.39 is 17.4 Å². The summed E-state index contributed by atoms with van der Waals surface area (Å²) in [4.78, 5) is 24.4. The molecule has 2 aromatic rings. The number of carbonyl (C=O) groups excluding carboxylic acids is 2. The highest BCUT2D eigenvalue weighted by Gasteiger charge is 2.39. The Morgan fingerprint density at radius 2 is 1.60 bits per heavy atom. The van der Waals surface area contributed by atoms with Crippen LogP contribution in [0, 0.1) is 5.41 Å². The molecule has 134 valence electrons. The van der Waals surface area contributed by atoms with Gasteiger partial charge in [0.25, 0.3) is 0 Å². The van der Waals surface area contributed by atoms with Crippen molar-refractivity contribution in [3.8, 4) is 0 Å². The van der Waals surface area contributed by atoms with Gasteiger partial charge >= 0.3 is 11.9 Å². The number of hydrogen-bond acceptors (Lipinski definition) is 4. The highest BCUT2D eigenvalue weighted by atomic mass is 16.6. The Balaban J connectivity index is 1.91. The van der Waals surface area contributed by atoms with Crippen LogP contribution >= 0.6 is 0 Å². The van der Waals surface area contributed by atoms with Gasteiger partial charge in [-0.25, -0.2) is 0 Å². The molecule has 0 amide bonds. The average Bonchev–Trinajstić information content (AvgIpc) is 2.62. The SMILES string of the molecule is CCCCCOC(=O)C(C)(C)C(=O)OCc1ccc2ccccc2c1. The van der Waals surface area contributed by atoms with Gasteiger partial charge in [0.2, 0.25) is 0 Å². The molecule has 0 aliphatic rings. The Morgan fingerprint density at radius 1 is 0.920 bits per heavy atom. The van der Waals surface area contributed by atoms with Crippen molar-refractivity contribution in [1.82, 2.24) is 0 Å². The van der Waals surface area contributed by atoms with Gasteiger partial charge in [-0.05, 0) is 42.7 Å². The molecule has 0 saturated heterocycles. The van der Waals surface area contributed by atoms with E-state index in [0.717, 1.165) is 35.6 Å². The van der Waals surface area contributed by atoms with E-state index in [0.29, 0.717) is 6.61 Å². The van der Waals surface area contributed by atoms with Crippen molar-refractivity contribution in [3.05, 3.63) is 48.0 Å². The second kappa shape index (κ2) is 8.65. The Labute approximate surface area is 149 Å². The summed E-state index contributed by atoms with van der Waals surface area (Å²) in [6.45, 7) is 5.63. The first kappa shape index (κ1) is 19.0. The fourth-order valence-corrected chi connectivity index (χ4v) is 2.44. The molecule has 0 spiro atoms. The fourth-order valence-electron chi connectivity index (χ4n) is 2.44. The van der Waals surface area contributed by atoms with Crippen LogP contribution in [0.4, 0.5) is 0 Å². The number of ether oxygens (including phenoxy) is 2. The minimum Gasteiger partial charge on any atom is -0.465 e. The molecule has 2 rings (SSSR count). The number of rotatable bonds is 8. The third-order valence-electron chi connectivity index (χ3n) is 4.19. The third-order valence-corrected chi connectivity index (χ3v) is 4.19. The van der Waals surface area contributed by atoms with Crippen molar-refractivity contribution in [1.29, 1.82) is 0 Å². The maximum absolute atomic E-state index is 12.3. The van der Waals surface area contributed by atoms with Gasteiger partial charge in [-0.3, -0.25) is 9.59 Å². The molecule has 0 heterocycles. The van der Waals surface area contributed by atoms with Gasteiger partial charge in [-0.15, -0.1) is 0 Å². The van der Waals surface area contributed by atoms with Gasteiger partial charge in [-0.2, -0.15) is 0 Å². The largest absolute Gasteiger partial charge is 0.465 e. The topological polar surface area (TPSA) is 52.6 Å².